The van der Waals surface area contributed by atoms with E-state index >= 15 is 0 Å². The van der Waals surface area contributed by atoms with Crippen LogP contribution < -0.4 is 5.56 Å². The van der Waals surface area contributed by atoms with Crippen LogP contribution >= 0.6 is 0 Å². The van der Waals surface area contributed by atoms with Crippen molar-refractivity contribution in [3.63, 3.8) is 0 Å². The first-order valence-electron chi connectivity index (χ1n) is 9.62. The zero-order valence-corrected chi connectivity index (χ0v) is 16.4. The number of ether oxygens (including phenoxy) is 1. The van der Waals surface area contributed by atoms with Crippen LogP contribution in [-0.4, -0.2) is 31.5 Å². The van der Waals surface area contributed by atoms with Crippen LogP contribution in [0.15, 0.2) is 77.7 Å². The average Bonchev–Trinajstić information content (AvgIpc) is 3.15. The molecular weight excluding hydrogens is 378 g/mol. The molecule has 7 heteroatoms. The second-order valence-corrected chi connectivity index (χ2v) is 7.02. The molecule has 3 aromatic heterocycles. The smallest absolute Gasteiger partial charge is 0.280 e. The summed E-state index contributed by atoms with van der Waals surface area (Å²) in [6.45, 7) is 0.804. The van der Waals surface area contributed by atoms with Gasteiger partial charge in [0.15, 0.2) is 11.2 Å². The molecule has 0 aliphatic heterocycles. The van der Waals surface area contributed by atoms with E-state index in [0.29, 0.717) is 24.3 Å². The molecule has 5 aromatic rings. The standard InChI is InChI=1S/C23H19N5O2/c1-30-15-18-20(17-10-6-3-7-11-17)22-25-24-21-19(28(22)26-18)12-13-27(23(21)29)14-16-8-4-2-5-9-16/h2-13H,14-15H2,1H3. The predicted octanol–water partition coefficient (Wildman–Crippen LogP) is 3.30. The minimum Gasteiger partial charge on any atom is -0.378 e. The summed E-state index contributed by atoms with van der Waals surface area (Å²) in [5, 5.41) is 13.4. The molecule has 30 heavy (non-hydrogen) atoms. The number of pyridine rings is 1. The van der Waals surface area contributed by atoms with Crippen molar-refractivity contribution in [2.45, 2.75) is 13.2 Å². The fourth-order valence-corrected chi connectivity index (χ4v) is 3.67. The van der Waals surface area contributed by atoms with E-state index in [0.717, 1.165) is 22.4 Å². The molecule has 148 valence electrons. The second-order valence-electron chi connectivity index (χ2n) is 7.02. The van der Waals surface area contributed by atoms with Gasteiger partial charge in [-0.25, -0.2) is 4.52 Å². The van der Waals surface area contributed by atoms with Gasteiger partial charge in [-0.1, -0.05) is 60.7 Å². The third kappa shape index (κ3) is 3.05. The van der Waals surface area contributed by atoms with E-state index in [1.54, 1.807) is 22.4 Å². The highest BCUT2D eigenvalue weighted by Crippen LogP contribution is 2.28. The Morgan fingerprint density at radius 2 is 1.67 bits per heavy atom. The van der Waals surface area contributed by atoms with Crippen molar-refractivity contribution in [1.82, 2.24) is 24.4 Å². The largest absolute Gasteiger partial charge is 0.378 e. The Morgan fingerprint density at radius 1 is 0.933 bits per heavy atom. The van der Waals surface area contributed by atoms with Crippen LogP contribution in [0.25, 0.3) is 27.8 Å². The lowest BCUT2D eigenvalue weighted by molar-refractivity contribution is 0.181. The number of benzene rings is 2. The molecule has 0 saturated heterocycles. The van der Waals surface area contributed by atoms with Crippen molar-refractivity contribution < 1.29 is 4.74 Å². The number of nitrogens with zero attached hydrogens (tertiary/aromatic N) is 5. The number of aromatic nitrogens is 5. The first-order chi connectivity index (χ1) is 14.8. The minimum atomic E-state index is -0.198. The van der Waals surface area contributed by atoms with Gasteiger partial charge in [0.2, 0.25) is 0 Å². The maximum Gasteiger partial charge on any atom is 0.280 e. The van der Waals surface area contributed by atoms with Gasteiger partial charge in [-0.05, 0) is 17.2 Å². The zero-order chi connectivity index (χ0) is 20.5. The number of hydrogen-bond donors (Lipinski definition) is 0. The molecule has 0 N–H and O–H groups in total. The van der Waals surface area contributed by atoms with Gasteiger partial charge >= 0.3 is 0 Å². The summed E-state index contributed by atoms with van der Waals surface area (Å²) >= 11 is 0. The van der Waals surface area contributed by atoms with E-state index in [2.05, 4.69) is 10.2 Å². The Labute approximate surface area is 172 Å². The van der Waals surface area contributed by atoms with Crippen LogP contribution in [0, 0.1) is 0 Å². The fraction of sp³-hybridized carbons (Fsp3) is 0.130. The Morgan fingerprint density at radius 3 is 2.40 bits per heavy atom. The van der Waals surface area contributed by atoms with Gasteiger partial charge in [-0.2, -0.15) is 5.10 Å². The summed E-state index contributed by atoms with van der Waals surface area (Å²) in [5.41, 5.74) is 4.93. The molecule has 3 heterocycles. The molecule has 0 atom stereocenters. The van der Waals surface area contributed by atoms with E-state index in [1.165, 1.54) is 0 Å². The first kappa shape index (κ1) is 18.2. The summed E-state index contributed by atoms with van der Waals surface area (Å²) in [7, 11) is 1.63. The van der Waals surface area contributed by atoms with Gasteiger partial charge in [0.25, 0.3) is 5.56 Å². The molecule has 2 aromatic carbocycles. The zero-order valence-electron chi connectivity index (χ0n) is 16.4. The monoisotopic (exact) mass is 397 g/mol. The van der Waals surface area contributed by atoms with Crippen LogP contribution in [0.4, 0.5) is 0 Å². The fourth-order valence-electron chi connectivity index (χ4n) is 3.67. The van der Waals surface area contributed by atoms with Gasteiger partial charge in [-0.3, -0.25) is 4.79 Å². The highest BCUT2D eigenvalue weighted by Gasteiger charge is 2.19. The number of methoxy groups -OCH3 is 1. The molecule has 0 radical (unpaired) electrons. The highest BCUT2D eigenvalue weighted by molar-refractivity contribution is 5.84. The second kappa shape index (κ2) is 7.53. The summed E-state index contributed by atoms with van der Waals surface area (Å²) in [6, 6.07) is 21.6. The van der Waals surface area contributed by atoms with Crippen molar-refractivity contribution in [3.05, 3.63) is 94.5 Å². The lowest BCUT2D eigenvalue weighted by Crippen LogP contribution is -2.22. The van der Waals surface area contributed by atoms with Crippen LogP contribution in [-0.2, 0) is 17.9 Å². The summed E-state index contributed by atoms with van der Waals surface area (Å²) in [4.78, 5) is 13.1. The molecule has 0 unspecified atom stereocenters. The molecule has 0 aliphatic rings. The average molecular weight is 397 g/mol. The summed E-state index contributed by atoms with van der Waals surface area (Å²) in [5.74, 6) is 0. The Kier molecular flexibility index (Phi) is 4.57. The van der Waals surface area contributed by atoms with E-state index in [1.807, 2.05) is 66.7 Å². The maximum atomic E-state index is 13.1. The SMILES string of the molecule is COCc1nn2c(nnc3c(=O)n(Cc4ccccc4)ccc32)c1-c1ccccc1. The normalized spacial score (nSPS) is 11.4. The lowest BCUT2D eigenvalue weighted by Gasteiger charge is -2.07. The number of hydrogen-bond acceptors (Lipinski definition) is 5. The third-order valence-electron chi connectivity index (χ3n) is 5.06. The van der Waals surface area contributed by atoms with E-state index in [9.17, 15) is 4.79 Å². The van der Waals surface area contributed by atoms with Crippen molar-refractivity contribution >= 4 is 16.7 Å². The first-order valence-corrected chi connectivity index (χ1v) is 9.62. The summed E-state index contributed by atoms with van der Waals surface area (Å²) in [6.07, 6.45) is 1.78. The molecule has 0 bridgehead atoms. The van der Waals surface area contributed by atoms with Crippen LogP contribution in [0.2, 0.25) is 0 Å². The number of fused-ring (bicyclic) bond motifs is 3. The van der Waals surface area contributed by atoms with E-state index in [4.69, 9.17) is 9.84 Å². The molecule has 0 amide bonds. The maximum absolute atomic E-state index is 13.1. The van der Waals surface area contributed by atoms with Crippen LogP contribution in [0.3, 0.4) is 0 Å². The van der Waals surface area contributed by atoms with Gasteiger partial charge in [-0.15, -0.1) is 10.2 Å². The van der Waals surface area contributed by atoms with E-state index in [-0.39, 0.29) is 11.1 Å². The third-order valence-corrected chi connectivity index (χ3v) is 5.06. The molecule has 5 rings (SSSR count). The highest BCUT2D eigenvalue weighted by atomic mass is 16.5. The van der Waals surface area contributed by atoms with Crippen molar-refractivity contribution in [2.24, 2.45) is 0 Å². The van der Waals surface area contributed by atoms with Gasteiger partial charge in [0, 0.05) is 13.3 Å². The minimum absolute atomic E-state index is 0.198. The Balaban J connectivity index is 1.70. The topological polar surface area (TPSA) is 74.3 Å². The van der Waals surface area contributed by atoms with Crippen LogP contribution in [0.1, 0.15) is 11.3 Å². The Bertz CT molecular complexity index is 1390. The summed E-state index contributed by atoms with van der Waals surface area (Å²) < 4.78 is 8.67. The van der Waals surface area contributed by atoms with Crippen molar-refractivity contribution in [1.29, 1.82) is 0 Å². The van der Waals surface area contributed by atoms with Gasteiger partial charge in [0.1, 0.15) is 5.52 Å². The van der Waals surface area contributed by atoms with Crippen LogP contribution in [0.5, 0.6) is 0 Å². The van der Waals surface area contributed by atoms with Gasteiger partial charge in [0.05, 0.1) is 24.4 Å². The van der Waals surface area contributed by atoms with Crippen molar-refractivity contribution in [3.8, 4) is 11.1 Å². The molecule has 7 nitrogen and oxygen atoms in total. The van der Waals surface area contributed by atoms with Crippen molar-refractivity contribution in [2.75, 3.05) is 7.11 Å². The number of rotatable bonds is 5. The quantitative estimate of drug-likeness (QED) is 0.455. The predicted molar refractivity (Wildman–Crippen MR) is 114 cm³/mol. The molecule has 0 saturated carbocycles. The molecule has 0 fully saturated rings. The van der Waals surface area contributed by atoms with Gasteiger partial charge < -0.3 is 9.30 Å². The lowest BCUT2D eigenvalue weighted by atomic mass is 10.1. The van der Waals surface area contributed by atoms with E-state index < -0.39 is 0 Å². The molecule has 0 spiro atoms. The Hall–Kier alpha value is -3.84. The molecular formula is C23H19N5O2. The molecule has 0 aliphatic carbocycles.